The molecule has 0 atom stereocenters. The first kappa shape index (κ1) is 14.8. The lowest BCUT2D eigenvalue weighted by Gasteiger charge is -2.37. The molecule has 1 aromatic carbocycles. The largest absolute Gasteiger partial charge is 0.484 e. The minimum Gasteiger partial charge on any atom is -0.484 e. The van der Waals surface area contributed by atoms with Crippen LogP contribution in [-0.4, -0.2) is 30.1 Å². The summed E-state index contributed by atoms with van der Waals surface area (Å²) in [5, 5.41) is 11.8. The first-order chi connectivity index (χ1) is 9.52. The van der Waals surface area contributed by atoms with Gasteiger partial charge in [0.1, 0.15) is 5.75 Å². The van der Waals surface area contributed by atoms with Crippen LogP contribution in [0.3, 0.4) is 0 Å². The average molecular weight is 342 g/mol. The Morgan fingerprint density at radius 2 is 1.95 bits per heavy atom. The van der Waals surface area contributed by atoms with E-state index >= 15 is 0 Å². The number of carbonyl (C=O) groups excluding carboxylic acids is 1. The second kappa shape index (κ2) is 6.26. The van der Waals surface area contributed by atoms with E-state index in [1.54, 1.807) is 12.1 Å². The fourth-order valence-corrected chi connectivity index (χ4v) is 2.33. The van der Waals surface area contributed by atoms with Crippen molar-refractivity contribution in [3.05, 3.63) is 28.7 Å². The molecule has 0 spiro atoms. The number of nitrogens with one attached hydrogen (secondary N) is 1. The fourth-order valence-electron chi connectivity index (χ4n) is 2.07. The van der Waals surface area contributed by atoms with Gasteiger partial charge >= 0.3 is 5.97 Å². The Kier molecular flexibility index (Phi) is 4.65. The molecule has 0 unspecified atom stereocenters. The Balaban J connectivity index is 1.75. The van der Waals surface area contributed by atoms with Gasteiger partial charge in [-0.25, -0.2) is 0 Å². The Bertz CT molecular complexity index is 496. The molecular weight excluding hydrogens is 326 g/mol. The number of hydrogen-bond acceptors (Lipinski definition) is 3. The van der Waals surface area contributed by atoms with Crippen LogP contribution in [-0.2, 0) is 9.59 Å². The number of aliphatic carboxylic acids is 1. The number of hydrogen-bond donors (Lipinski definition) is 2. The molecule has 108 valence electrons. The molecule has 0 aromatic heterocycles. The molecule has 2 N–H and O–H groups in total. The second-order valence-electron chi connectivity index (χ2n) is 4.96. The standard InChI is InChI=1S/C14H16BrNO4/c15-10-2-4-11(5-3-10)20-8-12(17)16-9-14(13(18)19)6-1-7-14/h2-5H,1,6-9H2,(H,16,17)(H,18,19). The van der Waals surface area contributed by atoms with E-state index in [0.717, 1.165) is 10.9 Å². The molecule has 20 heavy (non-hydrogen) atoms. The Hall–Kier alpha value is -1.56. The van der Waals surface area contributed by atoms with E-state index < -0.39 is 11.4 Å². The summed E-state index contributed by atoms with van der Waals surface area (Å²) >= 11 is 3.31. The molecular formula is C14H16BrNO4. The average Bonchev–Trinajstić information content (AvgIpc) is 2.36. The van der Waals surface area contributed by atoms with E-state index in [1.807, 2.05) is 12.1 Å². The van der Waals surface area contributed by atoms with Gasteiger partial charge in [-0.3, -0.25) is 9.59 Å². The van der Waals surface area contributed by atoms with E-state index in [0.29, 0.717) is 18.6 Å². The number of carbonyl (C=O) groups is 2. The van der Waals surface area contributed by atoms with Gasteiger partial charge in [0.05, 0.1) is 5.41 Å². The van der Waals surface area contributed by atoms with Gasteiger partial charge in [0, 0.05) is 11.0 Å². The second-order valence-corrected chi connectivity index (χ2v) is 5.87. The maximum Gasteiger partial charge on any atom is 0.311 e. The smallest absolute Gasteiger partial charge is 0.311 e. The van der Waals surface area contributed by atoms with Gasteiger partial charge in [0.2, 0.25) is 0 Å². The SMILES string of the molecule is O=C(COc1ccc(Br)cc1)NCC1(C(=O)O)CCC1. The molecule has 1 aromatic rings. The summed E-state index contributed by atoms with van der Waals surface area (Å²) in [6, 6.07) is 7.14. The molecule has 1 aliphatic carbocycles. The van der Waals surface area contributed by atoms with Crippen molar-refractivity contribution in [3.8, 4) is 5.75 Å². The van der Waals surface area contributed by atoms with Crippen molar-refractivity contribution in [1.82, 2.24) is 5.32 Å². The van der Waals surface area contributed by atoms with Crippen LogP contribution in [0.5, 0.6) is 5.75 Å². The molecule has 0 aliphatic heterocycles. The quantitative estimate of drug-likeness (QED) is 0.831. The summed E-state index contributed by atoms with van der Waals surface area (Å²) in [6.07, 6.45) is 2.14. The molecule has 5 nitrogen and oxygen atoms in total. The maximum absolute atomic E-state index is 11.7. The van der Waals surface area contributed by atoms with Gasteiger partial charge in [-0.1, -0.05) is 22.4 Å². The molecule has 0 saturated heterocycles. The minimum absolute atomic E-state index is 0.114. The highest BCUT2D eigenvalue weighted by atomic mass is 79.9. The maximum atomic E-state index is 11.7. The van der Waals surface area contributed by atoms with Crippen molar-refractivity contribution < 1.29 is 19.4 Å². The summed E-state index contributed by atoms with van der Waals surface area (Å²) < 4.78 is 6.25. The predicted molar refractivity (Wildman–Crippen MR) is 76.6 cm³/mol. The first-order valence-corrected chi connectivity index (χ1v) is 7.20. The van der Waals surface area contributed by atoms with Crippen LogP contribution in [0.25, 0.3) is 0 Å². The van der Waals surface area contributed by atoms with Crippen LogP contribution in [0.4, 0.5) is 0 Å². The van der Waals surface area contributed by atoms with Crippen LogP contribution in [0.1, 0.15) is 19.3 Å². The lowest BCUT2D eigenvalue weighted by atomic mass is 9.69. The molecule has 0 heterocycles. The van der Waals surface area contributed by atoms with Gasteiger partial charge in [0.25, 0.3) is 5.91 Å². The van der Waals surface area contributed by atoms with Gasteiger partial charge in [-0.2, -0.15) is 0 Å². The zero-order valence-corrected chi connectivity index (χ0v) is 12.5. The van der Waals surface area contributed by atoms with Crippen molar-refractivity contribution in [3.63, 3.8) is 0 Å². The van der Waals surface area contributed by atoms with E-state index in [4.69, 9.17) is 9.84 Å². The van der Waals surface area contributed by atoms with Crippen molar-refractivity contribution >= 4 is 27.8 Å². The molecule has 1 fully saturated rings. The number of amides is 1. The van der Waals surface area contributed by atoms with Crippen LogP contribution in [0, 0.1) is 5.41 Å². The first-order valence-electron chi connectivity index (χ1n) is 6.40. The summed E-state index contributed by atoms with van der Waals surface area (Å²) in [7, 11) is 0. The van der Waals surface area contributed by atoms with Crippen molar-refractivity contribution in [2.24, 2.45) is 5.41 Å². The summed E-state index contributed by atoms with van der Waals surface area (Å²) in [6.45, 7) is 0.0577. The number of carboxylic acids is 1. The van der Waals surface area contributed by atoms with Crippen LogP contribution >= 0.6 is 15.9 Å². The van der Waals surface area contributed by atoms with Gasteiger partial charge < -0.3 is 15.2 Å². The predicted octanol–water partition coefficient (Wildman–Crippen LogP) is 2.20. The molecule has 1 amide bonds. The van der Waals surface area contributed by atoms with Gasteiger partial charge in [-0.05, 0) is 37.1 Å². The molecule has 1 saturated carbocycles. The van der Waals surface area contributed by atoms with Crippen LogP contribution in [0.2, 0.25) is 0 Å². The third kappa shape index (κ3) is 3.50. The number of ether oxygens (including phenoxy) is 1. The highest BCUT2D eigenvalue weighted by Crippen LogP contribution is 2.40. The fraction of sp³-hybridized carbons (Fsp3) is 0.429. The monoisotopic (exact) mass is 341 g/mol. The Morgan fingerprint density at radius 3 is 2.45 bits per heavy atom. The van der Waals surface area contributed by atoms with Gasteiger partial charge in [0.15, 0.2) is 6.61 Å². The third-order valence-corrected chi connectivity index (χ3v) is 4.10. The minimum atomic E-state index is -0.835. The molecule has 6 heteroatoms. The van der Waals surface area contributed by atoms with Crippen molar-refractivity contribution in [2.45, 2.75) is 19.3 Å². The zero-order chi connectivity index (χ0) is 14.6. The van der Waals surface area contributed by atoms with E-state index in [1.165, 1.54) is 0 Å². The summed E-state index contributed by atoms with van der Waals surface area (Å²) in [5.41, 5.74) is -0.771. The number of rotatable bonds is 6. The third-order valence-electron chi connectivity index (χ3n) is 3.57. The lowest BCUT2D eigenvalue weighted by Crippen LogP contribution is -2.48. The highest BCUT2D eigenvalue weighted by Gasteiger charge is 2.44. The van der Waals surface area contributed by atoms with Crippen molar-refractivity contribution in [2.75, 3.05) is 13.2 Å². The van der Waals surface area contributed by atoms with E-state index in [2.05, 4.69) is 21.2 Å². The van der Waals surface area contributed by atoms with Crippen molar-refractivity contribution in [1.29, 1.82) is 0 Å². The lowest BCUT2D eigenvalue weighted by molar-refractivity contribution is -0.154. The Morgan fingerprint density at radius 1 is 1.30 bits per heavy atom. The summed E-state index contributed by atoms with van der Waals surface area (Å²) in [4.78, 5) is 22.8. The Labute approximate surface area is 125 Å². The number of carboxylic acid groups (broad SMARTS) is 1. The summed E-state index contributed by atoms with van der Waals surface area (Å²) in [5.74, 6) is -0.543. The van der Waals surface area contributed by atoms with Crippen LogP contribution in [0.15, 0.2) is 28.7 Å². The van der Waals surface area contributed by atoms with E-state index in [9.17, 15) is 9.59 Å². The van der Waals surface area contributed by atoms with Crippen LogP contribution < -0.4 is 10.1 Å². The number of benzene rings is 1. The number of halogens is 1. The van der Waals surface area contributed by atoms with E-state index in [-0.39, 0.29) is 19.1 Å². The molecule has 1 aliphatic rings. The highest BCUT2D eigenvalue weighted by molar-refractivity contribution is 9.10. The molecule has 2 rings (SSSR count). The normalized spacial score (nSPS) is 16.1. The topological polar surface area (TPSA) is 75.6 Å². The molecule has 0 radical (unpaired) electrons. The van der Waals surface area contributed by atoms with Gasteiger partial charge in [-0.15, -0.1) is 0 Å². The molecule has 0 bridgehead atoms. The zero-order valence-electron chi connectivity index (χ0n) is 10.9.